The Kier molecular flexibility index (Phi) is 7.25. The third-order valence-electron chi connectivity index (χ3n) is 5.01. The van der Waals surface area contributed by atoms with Crippen LogP contribution in [-0.2, 0) is 16.1 Å². The molecule has 8 heteroatoms. The fraction of sp³-hybridized carbons (Fsp3) is 0.115. The minimum Gasteiger partial charge on any atom is -0.490 e. The summed E-state index contributed by atoms with van der Waals surface area (Å²) >= 11 is 6.05. The summed E-state index contributed by atoms with van der Waals surface area (Å²) < 4.78 is 11.3. The molecular formula is C26H21ClN2O5. The van der Waals surface area contributed by atoms with Crippen molar-refractivity contribution in [2.45, 2.75) is 6.54 Å². The lowest BCUT2D eigenvalue weighted by atomic mass is 10.1. The van der Waals surface area contributed by atoms with Crippen LogP contribution in [0.25, 0.3) is 6.08 Å². The quantitative estimate of drug-likeness (QED) is 0.295. The van der Waals surface area contributed by atoms with Crippen molar-refractivity contribution in [3.63, 3.8) is 0 Å². The largest absolute Gasteiger partial charge is 0.490 e. The molecule has 3 aromatic carbocycles. The van der Waals surface area contributed by atoms with Crippen LogP contribution in [0.5, 0.6) is 11.5 Å². The Morgan fingerprint density at radius 1 is 0.824 bits per heavy atom. The number of hydrogen-bond acceptors (Lipinski definition) is 5. The maximum absolute atomic E-state index is 12.9. The van der Waals surface area contributed by atoms with Gasteiger partial charge < -0.3 is 9.47 Å². The molecule has 0 spiro atoms. The number of nitrogens with one attached hydrogen (secondary N) is 1. The van der Waals surface area contributed by atoms with Crippen molar-refractivity contribution in [2.24, 2.45) is 0 Å². The monoisotopic (exact) mass is 476 g/mol. The fourth-order valence-corrected chi connectivity index (χ4v) is 3.49. The van der Waals surface area contributed by atoms with E-state index >= 15 is 0 Å². The Morgan fingerprint density at radius 2 is 1.50 bits per heavy atom. The van der Waals surface area contributed by atoms with E-state index in [4.69, 9.17) is 21.1 Å². The molecule has 1 aliphatic heterocycles. The molecule has 0 unspecified atom stereocenters. The van der Waals surface area contributed by atoms with E-state index in [2.05, 4.69) is 5.32 Å². The van der Waals surface area contributed by atoms with Crippen LogP contribution in [0, 0.1) is 0 Å². The van der Waals surface area contributed by atoms with Gasteiger partial charge in [0.1, 0.15) is 30.3 Å². The Labute approximate surface area is 201 Å². The van der Waals surface area contributed by atoms with Crippen molar-refractivity contribution in [3.8, 4) is 11.5 Å². The van der Waals surface area contributed by atoms with Gasteiger partial charge >= 0.3 is 6.03 Å². The van der Waals surface area contributed by atoms with Gasteiger partial charge in [0.2, 0.25) is 0 Å². The smallest absolute Gasteiger partial charge is 0.331 e. The van der Waals surface area contributed by atoms with Crippen LogP contribution < -0.4 is 14.8 Å². The van der Waals surface area contributed by atoms with Crippen LogP contribution in [-0.4, -0.2) is 36.0 Å². The minimum atomic E-state index is -0.737. The molecule has 7 nitrogen and oxygen atoms in total. The molecule has 0 aromatic heterocycles. The number of carbonyl (C=O) groups excluding carboxylic acids is 3. The van der Waals surface area contributed by atoms with Crippen LogP contribution in [0.2, 0.25) is 5.02 Å². The number of carbonyl (C=O) groups is 3. The Hall–Kier alpha value is -4.10. The lowest BCUT2D eigenvalue weighted by Gasteiger charge is -2.26. The first-order valence-electron chi connectivity index (χ1n) is 10.5. The Bertz CT molecular complexity index is 1230. The van der Waals surface area contributed by atoms with Crippen molar-refractivity contribution < 1.29 is 23.9 Å². The zero-order valence-electron chi connectivity index (χ0n) is 18.1. The van der Waals surface area contributed by atoms with Crippen molar-refractivity contribution in [1.29, 1.82) is 0 Å². The minimum absolute atomic E-state index is 0.0686. The second-order valence-electron chi connectivity index (χ2n) is 7.39. The predicted molar refractivity (Wildman–Crippen MR) is 127 cm³/mol. The average Bonchev–Trinajstić information content (AvgIpc) is 2.85. The predicted octanol–water partition coefficient (Wildman–Crippen LogP) is 4.46. The number of urea groups is 1. The molecule has 1 fully saturated rings. The summed E-state index contributed by atoms with van der Waals surface area (Å²) in [5.74, 6) is -0.179. The van der Waals surface area contributed by atoms with Gasteiger partial charge in [0, 0.05) is 0 Å². The molecular weight excluding hydrogens is 456 g/mol. The molecule has 34 heavy (non-hydrogen) atoms. The average molecular weight is 477 g/mol. The number of amides is 4. The summed E-state index contributed by atoms with van der Waals surface area (Å²) in [5, 5.41) is 2.76. The van der Waals surface area contributed by atoms with E-state index in [1.807, 2.05) is 30.3 Å². The number of hydrogen-bond donors (Lipinski definition) is 1. The zero-order valence-corrected chi connectivity index (χ0v) is 18.8. The number of nitrogens with zero attached hydrogens (tertiary/aromatic N) is 1. The number of rotatable bonds is 8. The van der Waals surface area contributed by atoms with Gasteiger partial charge in [-0.3, -0.25) is 19.8 Å². The topological polar surface area (TPSA) is 84.9 Å². The molecule has 0 aliphatic carbocycles. The van der Waals surface area contributed by atoms with Gasteiger partial charge in [-0.05, 0) is 41.5 Å². The van der Waals surface area contributed by atoms with Gasteiger partial charge in [0.25, 0.3) is 11.8 Å². The highest BCUT2D eigenvalue weighted by atomic mass is 35.5. The zero-order chi connectivity index (χ0) is 23.9. The molecule has 0 bridgehead atoms. The molecule has 0 radical (unpaired) electrons. The first-order valence-corrected chi connectivity index (χ1v) is 10.9. The lowest BCUT2D eigenvalue weighted by molar-refractivity contribution is -0.130. The molecule has 0 atom stereocenters. The standard InChI is InChI=1S/C26H21ClN2O5/c27-22-8-4-5-9-23(22)34-15-14-33-20-12-10-18(11-13-20)16-21-24(30)28-26(32)29(25(21)31)17-19-6-2-1-3-7-19/h1-13,16H,14-15,17H2,(H,28,30,32)/b21-16+. The van der Waals surface area contributed by atoms with Crippen molar-refractivity contribution >= 4 is 35.5 Å². The second kappa shape index (κ2) is 10.7. The summed E-state index contributed by atoms with van der Waals surface area (Å²) in [6, 6.07) is 22.4. The van der Waals surface area contributed by atoms with Crippen LogP contribution >= 0.6 is 11.6 Å². The van der Waals surface area contributed by atoms with E-state index in [0.717, 1.165) is 10.5 Å². The maximum Gasteiger partial charge on any atom is 0.331 e. The van der Waals surface area contributed by atoms with Gasteiger partial charge in [-0.2, -0.15) is 0 Å². The van der Waals surface area contributed by atoms with E-state index in [0.29, 0.717) is 35.3 Å². The number of ether oxygens (including phenoxy) is 2. The molecule has 1 aliphatic rings. The number of imide groups is 2. The summed E-state index contributed by atoms with van der Waals surface area (Å²) in [6.45, 7) is 0.692. The summed E-state index contributed by atoms with van der Waals surface area (Å²) in [4.78, 5) is 38.4. The third kappa shape index (κ3) is 5.63. The van der Waals surface area contributed by atoms with Crippen molar-refractivity contribution in [3.05, 3.63) is 101 Å². The Balaban J connectivity index is 1.37. The molecule has 3 aromatic rings. The molecule has 4 rings (SSSR count). The molecule has 172 valence electrons. The SMILES string of the molecule is O=C1NC(=O)N(Cc2ccccc2)C(=O)/C1=C/c1ccc(OCCOc2ccccc2Cl)cc1. The first-order chi connectivity index (χ1) is 16.5. The molecule has 1 N–H and O–H groups in total. The van der Waals surface area contributed by atoms with E-state index in [9.17, 15) is 14.4 Å². The van der Waals surface area contributed by atoms with Crippen LogP contribution in [0.4, 0.5) is 4.79 Å². The highest BCUT2D eigenvalue weighted by Gasteiger charge is 2.35. The summed E-state index contributed by atoms with van der Waals surface area (Å²) in [7, 11) is 0. The lowest BCUT2D eigenvalue weighted by Crippen LogP contribution is -2.53. The molecule has 0 saturated carbocycles. The number of para-hydroxylation sites is 1. The maximum atomic E-state index is 12.9. The number of benzene rings is 3. The van der Waals surface area contributed by atoms with Crippen LogP contribution in [0.1, 0.15) is 11.1 Å². The highest BCUT2D eigenvalue weighted by molar-refractivity contribution is 6.32. The molecule has 4 amide bonds. The normalized spacial score (nSPS) is 14.8. The molecule has 1 heterocycles. The summed E-state index contributed by atoms with van der Waals surface area (Å²) in [6.07, 6.45) is 1.45. The van der Waals surface area contributed by atoms with Gasteiger partial charge in [0.05, 0.1) is 11.6 Å². The third-order valence-corrected chi connectivity index (χ3v) is 5.32. The first kappa shape index (κ1) is 23.1. The summed E-state index contributed by atoms with van der Waals surface area (Å²) in [5.41, 5.74) is 1.28. The van der Waals surface area contributed by atoms with E-state index in [1.54, 1.807) is 48.5 Å². The van der Waals surface area contributed by atoms with E-state index in [-0.39, 0.29) is 12.1 Å². The van der Waals surface area contributed by atoms with Gasteiger partial charge in [-0.1, -0.05) is 66.2 Å². The fourth-order valence-electron chi connectivity index (χ4n) is 3.30. The van der Waals surface area contributed by atoms with Crippen LogP contribution in [0.15, 0.2) is 84.4 Å². The van der Waals surface area contributed by atoms with Gasteiger partial charge in [-0.25, -0.2) is 4.79 Å². The van der Waals surface area contributed by atoms with Crippen molar-refractivity contribution in [2.75, 3.05) is 13.2 Å². The van der Waals surface area contributed by atoms with Gasteiger partial charge in [-0.15, -0.1) is 0 Å². The molecule has 1 saturated heterocycles. The van der Waals surface area contributed by atoms with Crippen LogP contribution in [0.3, 0.4) is 0 Å². The second-order valence-corrected chi connectivity index (χ2v) is 7.80. The van der Waals surface area contributed by atoms with Crippen molar-refractivity contribution in [1.82, 2.24) is 10.2 Å². The van der Waals surface area contributed by atoms with E-state index in [1.165, 1.54) is 6.08 Å². The van der Waals surface area contributed by atoms with Gasteiger partial charge in [0.15, 0.2) is 0 Å². The Morgan fingerprint density at radius 3 is 2.24 bits per heavy atom. The number of barbiturate groups is 1. The highest BCUT2D eigenvalue weighted by Crippen LogP contribution is 2.23. The van der Waals surface area contributed by atoms with E-state index < -0.39 is 17.8 Å². The number of halogens is 1.